The van der Waals surface area contributed by atoms with Gasteiger partial charge in [-0.3, -0.25) is 0 Å². The Kier molecular flexibility index (Phi) is 7.21. The summed E-state index contributed by atoms with van der Waals surface area (Å²) in [6, 6.07) is 9.14. The number of halogens is 3. The van der Waals surface area contributed by atoms with Crippen LogP contribution in [0, 0.1) is 11.6 Å². The SMILES string of the molecule is C[C@H](NS(C)(=O)=O)c1ccc(S(=O)(=O)c2cc(Cl)ccc2S(=O)(=O)c2cc(F)ccc2F)cc1. The Hall–Kier alpha value is -2.38. The van der Waals surface area contributed by atoms with Gasteiger partial charge in [0.25, 0.3) is 0 Å². The minimum Gasteiger partial charge on any atom is -0.218 e. The summed E-state index contributed by atoms with van der Waals surface area (Å²) in [5.74, 6) is -2.28. The fourth-order valence-corrected chi connectivity index (χ4v) is 7.60. The van der Waals surface area contributed by atoms with E-state index in [0.29, 0.717) is 17.7 Å². The van der Waals surface area contributed by atoms with Gasteiger partial charge >= 0.3 is 0 Å². The first-order valence-corrected chi connectivity index (χ1v) is 14.7. The van der Waals surface area contributed by atoms with Crippen molar-refractivity contribution in [3.05, 3.63) is 82.9 Å². The highest BCUT2D eigenvalue weighted by Crippen LogP contribution is 2.34. The molecule has 0 aliphatic carbocycles. The van der Waals surface area contributed by atoms with Gasteiger partial charge in [0.2, 0.25) is 29.7 Å². The quantitative estimate of drug-likeness (QED) is 0.478. The first-order valence-electron chi connectivity index (χ1n) is 9.45. The van der Waals surface area contributed by atoms with Crippen LogP contribution in [0.15, 0.2) is 80.2 Å². The van der Waals surface area contributed by atoms with E-state index in [4.69, 9.17) is 11.6 Å². The summed E-state index contributed by atoms with van der Waals surface area (Å²) in [4.78, 5) is -2.85. The minimum absolute atomic E-state index is 0.0974. The molecule has 3 aromatic carbocycles. The molecule has 0 radical (unpaired) electrons. The van der Waals surface area contributed by atoms with E-state index in [9.17, 15) is 34.0 Å². The van der Waals surface area contributed by atoms with Gasteiger partial charge < -0.3 is 0 Å². The number of rotatable bonds is 7. The number of sulfonamides is 1. The zero-order valence-electron chi connectivity index (χ0n) is 17.7. The van der Waals surface area contributed by atoms with Crippen molar-refractivity contribution in [3.63, 3.8) is 0 Å². The summed E-state index contributed by atoms with van der Waals surface area (Å²) in [6.07, 6.45) is 0.977. The molecule has 3 rings (SSSR count). The molecule has 0 saturated heterocycles. The van der Waals surface area contributed by atoms with Gasteiger partial charge in [0.05, 0.1) is 20.9 Å². The molecular formula is C21H18ClF2NO6S3. The second kappa shape index (κ2) is 9.34. The Morgan fingerprint density at radius 3 is 1.97 bits per heavy atom. The third-order valence-corrected chi connectivity index (χ3v) is 9.53. The summed E-state index contributed by atoms with van der Waals surface area (Å²) in [5, 5.41) is -0.0974. The highest BCUT2D eigenvalue weighted by molar-refractivity contribution is 7.94. The summed E-state index contributed by atoms with van der Waals surface area (Å²) < 4.78 is 106. The number of hydrogen-bond acceptors (Lipinski definition) is 6. The van der Waals surface area contributed by atoms with E-state index in [1.165, 1.54) is 24.3 Å². The van der Waals surface area contributed by atoms with E-state index < -0.39 is 62.1 Å². The van der Waals surface area contributed by atoms with Crippen molar-refractivity contribution < 1.29 is 34.0 Å². The molecule has 0 spiro atoms. The molecule has 1 N–H and O–H groups in total. The molecule has 1 atom stereocenters. The molecule has 0 aliphatic rings. The van der Waals surface area contributed by atoms with Gasteiger partial charge in [0.15, 0.2) is 0 Å². The highest BCUT2D eigenvalue weighted by atomic mass is 35.5. The first kappa shape index (κ1) is 26.2. The Morgan fingerprint density at radius 1 is 0.765 bits per heavy atom. The zero-order valence-corrected chi connectivity index (χ0v) is 20.9. The summed E-state index contributed by atoms with van der Waals surface area (Å²) in [5.41, 5.74) is 0.449. The second-order valence-electron chi connectivity index (χ2n) is 7.35. The molecule has 0 aliphatic heterocycles. The molecule has 34 heavy (non-hydrogen) atoms. The van der Waals surface area contributed by atoms with Crippen molar-refractivity contribution in [2.45, 2.75) is 32.5 Å². The molecule has 0 heterocycles. The van der Waals surface area contributed by atoms with Crippen LogP contribution in [0.5, 0.6) is 0 Å². The van der Waals surface area contributed by atoms with Crippen molar-refractivity contribution in [2.24, 2.45) is 0 Å². The monoisotopic (exact) mass is 549 g/mol. The van der Waals surface area contributed by atoms with E-state index in [0.717, 1.165) is 30.5 Å². The van der Waals surface area contributed by atoms with Crippen LogP contribution in [-0.2, 0) is 29.7 Å². The zero-order chi connectivity index (χ0) is 25.5. The van der Waals surface area contributed by atoms with Crippen LogP contribution in [0.1, 0.15) is 18.5 Å². The Balaban J connectivity index is 2.13. The van der Waals surface area contributed by atoms with Gasteiger partial charge in [-0.1, -0.05) is 23.7 Å². The minimum atomic E-state index is -4.80. The van der Waals surface area contributed by atoms with E-state index >= 15 is 0 Å². The van der Waals surface area contributed by atoms with Crippen LogP contribution in [-0.4, -0.2) is 31.5 Å². The Labute approximate surface area is 201 Å². The highest BCUT2D eigenvalue weighted by Gasteiger charge is 2.31. The first-order chi connectivity index (χ1) is 15.6. The lowest BCUT2D eigenvalue weighted by molar-refractivity contribution is 0.550. The molecule has 0 saturated carbocycles. The number of hydrogen-bond donors (Lipinski definition) is 1. The molecule has 0 fully saturated rings. The van der Waals surface area contributed by atoms with Crippen LogP contribution in [0.4, 0.5) is 8.78 Å². The maximum atomic E-state index is 14.2. The van der Waals surface area contributed by atoms with E-state index in [1.807, 2.05) is 0 Å². The molecule has 7 nitrogen and oxygen atoms in total. The normalized spacial score (nSPS) is 13.6. The van der Waals surface area contributed by atoms with Gasteiger partial charge in [-0.15, -0.1) is 0 Å². The number of sulfone groups is 2. The molecule has 0 unspecified atom stereocenters. The maximum absolute atomic E-state index is 14.2. The molecule has 0 amide bonds. The van der Waals surface area contributed by atoms with Crippen LogP contribution < -0.4 is 4.72 Å². The smallest absolute Gasteiger partial charge is 0.210 e. The third-order valence-electron chi connectivity index (χ3n) is 4.75. The third kappa shape index (κ3) is 5.47. The second-order valence-corrected chi connectivity index (χ2v) is 13.4. The molecule has 13 heteroatoms. The van der Waals surface area contributed by atoms with Gasteiger partial charge in [-0.25, -0.2) is 38.8 Å². The summed E-state index contributed by atoms with van der Waals surface area (Å²) in [6.45, 7) is 1.56. The van der Waals surface area contributed by atoms with Gasteiger partial charge in [0, 0.05) is 11.1 Å². The van der Waals surface area contributed by atoms with Crippen LogP contribution >= 0.6 is 11.6 Å². The predicted octanol–water partition coefficient (Wildman–Crippen LogP) is 3.89. The standard InChI is InChI=1S/C21H18ClF2NO6S3/c1-13(25-32(2,26)27)14-3-7-17(8-4-14)33(28,29)21-11-15(22)5-10-19(21)34(30,31)20-12-16(23)6-9-18(20)24/h3-13,25H,1-2H3/t13-/m0/s1. The van der Waals surface area contributed by atoms with E-state index in [-0.39, 0.29) is 9.92 Å². The van der Waals surface area contributed by atoms with Crippen LogP contribution in [0.2, 0.25) is 5.02 Å². The lowest BCUT2D eigenvalue weighted by Gasteiger charge is -2.15. The van der Waals surface area contributed by atoms with Crippen molar-refractivity contribution in [1.29, 1.82) is 0 Å². The number of benzene rings is 3. The summed E-state index contributed by atoms with van der Waals surface area (Å²) >= 11 is 5.93. The molecule has 182 valence electrons. The lowest BCUT2D eigenvalue weighted by atomic mass is 10.1. The lowest BCUT2D eigenvalue weighted by Crippen LogP contribution is -2.25. The predicted molar refractivity (Wildman–Crippen MR) is 122 cm³/mol. The largest absolute Gasteiger partial charge is 0.218 e. The van der Waals surface area contributed by atoms with E-state index in [1.54, 1.807) is 6.92 Å². The molecule has 0 bridgehead atoms. The maximum Gasteiger partial charge on any atom is 0.210 e. The topological polar surface area (TPSA) is 114 Å². The Morgan fingerprint density at radius 2 is 1.38 bits per heavy atom. The number of nitrogens with one attached hydrogen (secondary N) is 1. The average Bonchev–Trinajstić information content (AvgIpc) is 2.74. The van der Waals surface area contributed by atoms with Gasteiger partial charge in [-0.2, -0.15) is 0 Å². The van der Waals surface area contributed by atoms with E-state index in [2.05, 4.69) is 4.72 Å². The molecular weight excluding hydrogens is 532 g/mol. The molecule has 0 aromatic heterocycles. The Bertz CT molecular complexity index is 1570. The van der Waals surface area contributed by atoms with Crippen molar-refractivity contribution in [3.8, 4) is 0 Å². The average molecular weight is 550 g/mol. The molecule has 3 aromatic rings. The van der Waals surface area contributed by atoms with Crippen molar-refractivity contribution >= 4 is 41.3 Å². The van der Waals surface area contributed by atoms with Gasteiger partial charge in [0.1, 0.15) is 16.5 Å². The van der Waals surface area contributed by atoms with Crippen molar-refractivity contribution in [2.75, 3.05) is 6.26 Å². The van der Waals surface area contributed by atoms with Gasteiger partial charge in [-0.05, 0) is 61.0 Å². The fourth-order valence-electron chi connectivity index (χ4n) is 3.17. The van der Waals surface area contributed by atoms with Crippen LogP contribution in [0.25, 0.3) is 0 Å². The van der Waals surface area contributed by atoms with Crippen molar-refractivity contribution in [1.82, 2.24) is 4.72 Å². The summed E-state index contributed by atoms with van der Waals surface area (Å²) in [7, 11) is -12.8. The fraction of sp³-hybridized carbons (Fsp3) is 0.143. The van der Waals surface area contributed by atoms with Crippen LogP contribution in [0.3, 0.4) is 0 Å².